The summed E-state index contributed by atoms with van der Waals surface area (Å²) in [5.41, 5.74) is 4.88. The Morgan fingerprint density at radius 2 is 1.74 bits per heavy atom. The first-order valence-corrected chi connectivity index (χ1v) is 12.6. The second-order valence-electron chi connectivity index (χ2n) is 11.3. The van der Waals surface area contributed by atoms with Crippen molar-refractivity contribution in [1.82, 2.24) is 15.5 Å². The number of methoxy groups -OCH3 is 1. The van der Waals surface area contributed by atoms with E-state index in [2.05, 4.69) is 15.5 Å². The van der Waals surface area contributed by atoms with Crippen LogP contribution in [0.3, 0.4) is 0 Å². The summed E-state index contributed by atoms with van der Waals surface area (Å²) >= 11 is 0. The van der Waals surface area contributed by atoms with E-state index in [1.54, 1.807) is 39.8 Å². The average molecular weight is 528 g/mol. The van der Waals surface area contributed by atoms with Crippen LogP contribution in [-0.4, -0.2) is 53.1 Å². The fraction of sp³-hybridized carbons (Fsp3) is 0.556. The van der Waals surface area contributed by atoms with Gasteiger partial charge in [0.2, 0.25) is 23.5 Å². The molecular weight excluding hydrogens is 490 g/mol. The van der Waals surface area contributed by atoms with E-state index in [0.29, 0.717) is 5.69 Å². The number of hydrogen-bond donors (Lipinski definition) is 2. The number of fused-ring (bicyclic) bond motifs is 1. The molecule has 2 aromatic rings. The number of aromatic nitrogens is 2. The standard InChI is InChI=1S/C27H37N5O6/c1-14(2)19(29-25(36)37-8)22(34)32-17-12-10-9-11-16(17)13-18(32)27(15(3)4,23(28)35)20(33)21-30-31-24(38-21)26(5,6)7/h9-12,14-15,18-19H,13H2,1-8H3,(H2,28,35)(H,29,36)/t18-,19-,27-/m0/s1. The number of nitrogens with zero attached hydrogens (tertiary/aromatic N) is 3. The minimum absolute atomic E-state index is 0.179. The van der Waals surface area contributed by atoms with E-state index < -0.39 is 52.5 Å². The number of carbonyl (C=O) groups is 4. The predicted molar refractivity (Wildman–Crippen MR) is 139 cm³/mol. The van der Waals surface area contributed by atoms with Crippen molar-refractivity contribution in [2.75, 3.05) is 12.0 Å². The molecule has 0 bridgehead atoms. The summed E-state index contributed by atoms with van der Waals surface area (Å²) in [6, 6.07) is 5.13. The summed E-state index contributed by atoms with van der Waals surface area (Å²) in [7, 11) is 1.21. The maximum Gasteiger partial charge on any atom is 0.407 e. The number of hydrogen-bond acceptors (Lipinski definition) is 8. The van der Waals surface area contributed by atoms with Gasteiger partial charge in [0.25, 0.3) is 5.89 Å². The lowest BCUT2D eigenvalue weighted by atomic mass is 9.66. The van der Waals surface area contributed by atoms with Gasteiger partial charge in [-0.3, -0.25) is 14.4 Å². The molecule has 3 rings (SSSR count). The molecule has 3 N–H and O–H groups in total. The molecule has 1 aliphatic heterocycles. The molecular formula is C27H37N5O6. The zero-order valence-electron chi connectivity index (χ0n) is 23.2. The van der Waals surface area contributed by atoms with Crippen molar-refractivity contribution in [2.45, 2.75) is 72.4 Å². The second kappa shape index (κ2) is 10.5. The topological polar surface area (TPSA) is 158 Å². The van der Waals surface area contributed by atoms with Crippen LogP contribution in [0, 0.1) is 17.3 Å². The monoisotopic (exact) mass is 527 g/mol. The molecule has 0 saturated heterocycles. The Bertz CT molecular complexity index is 1230. The summed E-state index contributed by atoms with van der Waals surface area (Å²) in [5.74, 6) is -3.27. The molecule has 0 saturated carbocycles. The molecule has 1 aromatic heterocycles. The molecule has 0 aliphatic carbocycles. The SMILES string of the molecule is COC(=O)N[C@H](C(=O)N1c2ccccc2C[C@H]1[C@](C(N)=O)(C(=O)c1nnc(C(C)(C)C)o1)C(C)C)C(C)C. The summed E-state index contributed by atoms with van der Waals surface area (Å²) in [5, 5.41) is 10.6. The van der Waals surface area contributed by atoms with Crippen molar-refractivity contribution in [3.63, 3.8) is 0 Å². The highest BCUT2D eigenvalue weighted by molar-refractivity contribution is 6.14. The Hall–Kier alpha value is -3.76. The molecule has 0 spiro atoms. The molecule has 0 fully saturated rings. The summed E-state index contributed by atoms with van der Waals surface area (Å²) < 4.78 is 10.5. The number of nitrogens with two attached hydrogens (primary N) is 1. The number of benzene rings is 1. The van der Waals surface area contributed by atoms with E-state index in [1.807, 2.05) is 32.9 Å². The van der Waals surface area contributed by atoms with Crippen LogP contribution in [0.2, 0.25) is 0 Å². The van der Waals surface area contributed by atoms with Crippen LogP contribution >= 0.6 is 0 Å². The maximum absolute atomic E-state index is 14.2. The van der Waals surface area contributed by atoms with Gasteiger partial charge in [-0.1, -0.05) is 66.7 Å². The summed E-state index contributed by atoms with van der Waals surface area (Å²) in [4.78, 5) is 55.3. The molecule has 1 aromatic carbocycles. The van der Waals surface area contributed by atoms with Gasteiger partial charge >= 0.3 is 6.09 Å². The smallest absolute Gasteiger partial charge is 0.407 e. The Labute approximate surface area is 222 Å². The zero-order valence-corrected chi connectivity index (χ0v) is 23.2. The number of carbonyl (C=O) groups excluding carboxylic acids is 4. The van der Waals surface area contributed by atoms with E-state index >= 15 is 0 Å². The first-order valence-electron chi connectivity index (χ1n) is 12.6. The molecule has 206 valence electrons. The highest BCUT2D eigenvalue weighted by atomic mass is 16.5. The fourth-order valence-electron chi connectivity index (χ4n) is 5.03. The molecule has 3 atom stereocenters. The largest absolute Gasteiger partial charge is 0.453 e. The lowest BCUT2D eigenvalue weighted by molar-refractivity contribution is -0.129. The van der Waals surface area contributed by atoms with Crippen molar-refractivity contribution in [1.29, 1.82) is 0 Å². The van der Waals surface area contributed by atoms with Crippen molar-refractivity contribution >= 4 is 29.4 Å². The van der Waals surface area contributed by atoms with Crippen molar-refractivity contribution in [3.8, 4) is 0 Å². The third kappa shape index (κ3) is 4.89. The number of para-hydroxylation sites is 1. The number of primary amides is 1. The fourth-order valence-corrected chi connectivity index (χ4v) is 5.03. The first-order chi connectivity index (χ1) is 17.7. The lowest BCUT2D eigenvalue weighted by Crippen LogP contribution is -2.64. The van der Waals surface area contributed by atoms with Gasteiger partial charge in [0.05, 0.1) is 13.2 Å². The molecule has 11 heteroatoms. The maximum atomic E-state index is 14.2. The lowest BCUT2D eigenvalue weighted by Gasteiger charge is -2.42. The number of nitrogens with one attached hydrogen (secondary N) is 1. The Morgan fingerprint density at radius 3 is 2.24 bits per heavy atom. The third-order valence-corrected chi connectivity index (χ3v) is 7.09. The number of amides is 3. The number of ether oxygens (including phenoxy) is 1. The van der Waals surface area contributed by atoms with Crippen LogP contribution in [0.1, 0.15) is 70.6 Å². The Kier molecular flexibility index (Phi) is 7.99. The van der Waals surface area contributed by atoms with Crippen molar-refractivity contribution < 1.29 is 28.3 Å². The van der Waals surface area contributed by atoms with E-state index in [1.165, 1.54) is 12.0 Å². The Balaban J connectivity index is 2.22. The molecule has 11 nitrogen and oxygen atoms in total. The third-order valence-electron chi connectivity index (χ3n) is 7.09. The van der Waals surface area contributed by atoms with Gasteiger partial charge in [-0.15, -0.1) is 10.2 Å². The zero-order chi connectivity index (χ0) is 28.6. The number of anilines is 1. The Morgan fingerprint density at radius 1 is 1.11 bits per heavy atom. The molecule has 3 amide bonds. The molecule has 0 radical (unpaired) electrons. The molecule has 1 aliphatic rings. The van der Waals surface area contributed by atoms with Crippen molar-refractivity contribution in [2.24, 2.45) is 23.0 Å². The van der Waals surface area contributed by atoms with Gasteiger partial charge in [-0.2, -0.15) is 0 Å². The van der Waals surface area contributed by atoms with Gasteiger partial charge in [0, 0.05) is 11.1 Å². The number of rotatable bonds is 8. The molecule has 38 heavy (non-hydrogen) atoms. The molecule has 2 heterocycles. The van der Waals surface area contributed by atoms with E-state index in [9.17, 15) is 19.2 Å². The van der Waals surface area contributed by atoms with Crippen LogP contribution in [-0.2, 0) is 26.2 Å². The van der Waals surface area contributed by atoms with Crippen LogP contribution in [0.5, 0.6) is 0 Å². The van der Waals surface area contributed by atoms with Gasteiger partial charge in [0.1, 0.15) is 11.5 Å². The number of Topliss-reactive ketones (excluding diaryl/α,β-unsaturated/α-hetero) is 1. The average Bonchev–Trinajstić information content (AvgIpc) is 3.47. The highest BCUT2D eigenvalue weighted by Gasteiger charge is 2.60. The second-order valence-corrected chi connectivity index (χ2v) is 11.3. The highest BCUT2D eigenvalue weighted by Crippen LogP contribution is 2.46. The minimum atomic E-state index is -1.91. The first kappa shape index (κ1) is 28.8. The van der Waals surface area contributed by atoms with Crippen LogP contribution in [0.15, 0.2) is 28.7 Å². The van der Waals surface area contributed by atoms with E-state index in [4.69, 9.17) is 14.9 Å². The normalized spacial score (nSPS) is 17.6. The minimum Gasteiger partial charge on any atom is -0.453 e. The summed E-state index contributed by atoms with van der Waals surface area (Å²) in [6.07, 6.45) is -0.597. The van der Waals surface area contributed by atoms with Crippen LogP contribution in [0.4, 0.5) is 10.5 Å². The van der Waals surface area contributed by atoms with Crippen molar-refractivity contribution in [3.05, 3.63) is 41.6 Å². The van der Waals surface area contributed by atoms with E-state index in [0.717, 1.165) is 5.56 Å². The van der Waals surface area contributed by atoms with Gasteiger partial charge in [-0.25, -0.2) is 4.79 Å². The predicted octanol–water partition coefficient (Wildman–Crippen LogP) is 3.02. The van der Waals surface area contributed by atoms with Crippen LogP contribution in [0.25, 0.3) is 0 Å². The van der Waals surface area contributed by atoms with Crippen LogP contribution < -0.4 is 16.0 Å². The van der Waals surface area contributed by atoms with Gasteiger partial charge < -0.3 is 25.1 Å². The molecule has 0 unspecified atom stereocenters. The number of alkyl carbamates (subject to hydrolysis) is 1. The summed E-state index contributed by atoms with van der Waals surface area (Å²) in [6.45, 7) is 12.5. The van der Waals surface area contributed by atoms with E-state index in [-0.39, 0.29) is 24.1 Å². The van der Waals surface area contributed by atoms with Gasteiger partial charge in [0.15, 0.2) is 0 Å². The van der Waals surface area contributed by atoms with Gasteiger partial charge in [-0.05, 0) is 29.9 Å². The quantitative estimate of drug-likeness (QED) is 0.392. The number of ketones is 1.